The third-order valence-corrected chi connectivity index (χ3v) is 6.91. The third-order valence-electron chi connectivity index (χ3n) is 5.15. The summed E-state index contributed by atoms with van der Waals surface area (Å²) >= 11 is 0. The predicted molar refractivity (Wildman–Crippen MR) is 85.7 cm³/mol. The Morgan fingerprint density at radius 3 is 2.52 bits per heavy atom. The molecule has 8 heteroatoms. The zero-order valence-electron chi connectivity index (χ0n) is 13.3. The van der Waals surface area contributed by atoms with Crippen molar-refractivity contribution >= 4 is 15.7 Å². The van der Waals surface area contributed by atoms with E-state index >= 15 is 0 Å². The molecular formula is C15H21N3O4S. The molecule has 3 aliphatic rings. The van der Waals surface area contributed by atoms with Crippen LogP contribution in [0.3, 0.4) is 0 Å². The Morgan fingerprint density at radius 1 is 1.35 bits per heavy atom. The van der Waals surface area contributed by atoms with E-state index in [2.05, 4.69) is 9.62 Å². The maximum atomic E-state index is 12.8. The van der Waals surface area contributed by atoms with Crippen LogP contribution in [0.25, 0.3) is 0 Å². The number of hydrogen-bond acceptors (Lipinski definition) is 5. The van der Waals surface area contributed by atoms with Gasteiger partial charge in [-0.15, -0.1) is 0 Å². The minimum atomic E-state index is -3.81. The molecule has 3 heterocycles. The van der Waals surface area contributed by atoms with E-state index in [-0.39, 0.29) is 16.1 Å². The second kappa shape index (κ2) is 5.54. The molecule has 126 valence electrons. The summed E-state index contributed by atoms with van der Waals surface area (Å²) < 4.78 is 28.5. The molecule has 0 aromatic heterocycles. The topological polar surface area (TPSA) is 92.5 Å². The normalized spacial score (nSPS) is 30.3. The first-order chi connectivity index (χ1) is 10.7. The summed E-state index contributed by atoms with van der Waals surface area (Å²) in [6.07, 6.45) is 1.96. The molecule has 2 bridgehead atoms. The zero-order chi connectivity index (χ0) is 16.8. The van der Waals surface area contributed by atoms with Gasteiger partial charge in [0.15, 0.2) is 0 Å². The standard InChI is InChI=1S/C15H21N3O4S/c1-11-13(18(19)20)4-3-5-14(11)23(21,22)16-15(2)10-17-8-6-12(15)7-9-17/h3-5,12,16H,6-10H2,1-2H3. The highest BCUT2D eigenvalue weighted by Gasteiger charge is 2.46. The van der Waals surface area contributed by atoms with Crippen LogP contribution >= 0.6 is 0 Å². The molecule has 4 rings (SSSR count). The predicted octanol–water partition coefficient (Wildman–Crippen LogP) is 1.67. The van der Waals surface area contributed by atoms with Crippen molar-refractivity contribution in [2.24, 2.45) is 5.92 Å². The molecule has 3 fully saturated rings. The largest absolute Gasteiger partial charge is 0.301 e. The van der Waals surface area contributed by atoms with Gasteiger partial charge in [-0.05, 0) is 51.8 Å². The number of rotatable bonds is 4. The van der Waals surface area contributed by atoms with Gasteiger partial charge in [-0.3, -0.25) is 10.1 Å². The Kier molecular flexibility index (Phi) is 3.94. The van der Waals surface area contributed by atoms with E-state index in [4.69, 9.17) is 0 Å². The molecule has 0 spiro atoms. The van der Waals surface area contributed by atoms with Crippen molar-refractivity contribution in [1.29, 1.82) is 0 Å². The Morgan fingerprint density at radius 2 is 2.00 bits per heavy atom. The van der Waals surface area contributed by atoms with Crippen molar-refractivity contribution < 1.29 is 13.3 Å². The molecular weight excluding hydrogens is 318 g/mol. The lowest BCUT2D eigenvalue weighted by Crippen LogP contribution is -2.65. The molecule has 1 aromatic rings. The summed E-state index contributed by atoms with van der Waals surface area (Å²) in [4.78, 5) is 12.7. The van der Waals surface area contributed by atoms with E-state index in [1.54, 1.807) is 0 Å². The van der Waals surface area contributed by atoms with Gasteiger partial charge in [0.2, 0.25) is 10.0 Å². The fourth-order valence-corrected chi connectivity index (χ4v) is 5.61. The number of sulfonamides is 1. The maximum absolute atomic E-state index is 12.8. The van der Waals surface area contributed by atoms with E-state index in [1.807, 2.05) is 6.92 Å². The fraction of sp³-hybridized carbons (Fsp3) is 0.600. The molecule has 7 nitrogen and oxygen atoms in total. The Balaban J connectivity index is 1.94. The van der Waals surface area contributed by atoms with Gasteiger partial charge in [-0.25, -0.2) is 13.1 Å². The number of fused-ring (bicyclic) bond motifs is 3. The van der Waals surface area contributed by atoms with Crippen LogP contribution in [-0.2, 0) is 10.0 Å². The molecule has 0 aliphatic carbocycles. The molecule has 1 aromatic carbocycles. The number of hydrogen-bond donors (Lipinski definition) is 1. The molecule has 1 unspecified atom stereocenters. The van der Waals surface area contributed by atoms with Crippen LogP contribution in [0.15, 0.2) is 23.1 Å². The second-order valence-corrected chi connectivity index (χ2v) is 8.38. The summed E-state index contributed by atoms with van der Waals surface area (Å²) in [5.41, 5.74) is -0.520. The molecule has 0 saturated carbocycles. The Labute approximate surface area is 135 Å². The van der Waals surface area contributed by atoms with Crippen molar-refractivity contribution in [3.05, 3.63) is 33.9 Å². The number of nitrogens with zero attached hydrogens (tertiary/aromatic N) is 2. The van der Waals surface area contributed by atoms with Gasteiger partial charge in [0.25, 0.3) is 5.69 Å². The van der Waals surface area contributed by atoms with E-state index in [0.717, 1.165) is 25.9 Å². The monoisotopic (exact) mass is 339 g/mol. The maximum Gasteiger partial charge on any atom is 0.273 e. The molecule has 23 heavy (non-hydrogen) atoms. The molecule has 0 radical (unpaired) electrons. The van der Waals surface area contributed by atoms with Crippen LogP contribution in [0.4, 0.5) is 5.69 Å². The van der Waals surface area contributed by atoms with Gasteiger partial charge in [-0.1, -0.05) is 6.07 Å². The Hall–Kier alpha value is -1.51. The summed E-state index contributed by atoms with van der Waals surface area (Å²) in [6, 6.07) is 4.16. The van der Waals surface area contributed by atoms with Crippen molar-refractivity contribution in [1.82, 2.24) is 9.62 Å². The van der Waals surface area contributed by atoms with Gasteiger partial charge in [0.1, 0.15) is 0 Å². The first kappa shape index (κ1) is 16.4. The SMILES string of the molecule is Cc1c([N+](=O)[O-])cccc1S(=O)(=O)NC1(C)CN2CCC1CC2. The number of nitrogens with one attached hydrogen (secondary N) is 1. The highest BCUT2D eigenvalue weighted by Crippen LogP contribution is 2.37. The number of benzene rings is 1. The van der Waals surface area contributed by atoms with Gasteiger partial charge >= 0.3 is 0 Å². The lowest BCUT2D eigenvalue weighted by atomic mass is 9.75. The molecule has 3 saturated heterocycles. The molecule has 1 N–H and O–H groups in total. The fourth-order valence-electron chi connectivity index (χ4n) is 3.89. The van der Waals surface area contributed by atoms with Crippen LogP contribution in [0.1, 0.15) is 25.3 Å². The van der Waals surface area contributed by atoms with E-state index in [0.29, 0.717) is 12.5 Å². The van der Waals surface area contributed by atoms with E-state index in [1.165, 1.54) is 25.1 Å². The van der Waals surface area contributed by atoms with Gasteiger partial charge < -0.3 is 4.90 Å². The second-order valence-electron chi connectivity index (χ2n) is 6.73. The quantitative estimate of drug-likeness (QED) is 0.665. The van der Waals surface area contributed by atoms with E-state index in [9.17, 15) is 18.5 Å². The molecule has 3 aliphatic heterocycles. The summed E-state index contributed by atoms with van der Waals surface area (Å²) in [7, 11) is -3.81. The number of nitro benzene ring substituents is 1. The van der Waals surface area contributed by atoms with E-state index < -0.39 is 20.5 Å². The minimum Gasteiger partial charge on any atom is -0.301 e. The first-order valence-electron chi connectivity index (χ1n) is 7.73. The zero-order valence-corrected chi connectivity index (χ0v) is 14.1. The first-order valence-corrected chi connectivity index (χ1v) is 9.21. The van der Waals surface area contributed by atoms with Crippen LogP contribution < -0.4 is 4.72 Å². The average Bonchev–Trinajstić information content (AvgIpc) is 2.46. The van der Waals surface area contributed by atoms with Gasteiger partial charge in [-0.2, -0.15) is 0 Å². The third kappa shape index (κ3) is 2.86. The Bertz CT molecular complexity index is 741. The van der Waals surface area contributed by atoms with Gasteiger partial charge in [0.05, 0.1) is 9.82 Å². The van der Waals surface area contributed by atoms with Crippen LogP contribution in [0, 0.1) is 23.0 Å². The van der Waals surface area contributed by atoms with Crippen molar-refractivity contribution in [3.63, 3.8) is 0 Å². The number of piperidine rings is 3. The van der Waals surface area contributed by atoms with Crippen molar-refractivity contribution in [3.8, 4) is 0 Å². The lowest BCUT2D eigenvalue weighted by molar-refractivity contribution is -0.385. The molecule has 0 amide bonds. The van der Waals surface area contributed by atoms with Crippen molar-refractivity contribution in [2.75, 3.05) is 19.6 Å². The minimum absolute atomic E-state index is 0.00984. The summed E-state index contributed by atoms with van der Waals surface area (Å²) in [6.45, 7) is 6.12. The van der Waals surface area contributed by atoms with Crippen LogP contribution in [-0.4, -0.2) is 43.4 Å². The smallest absolute Gasteiger partial charge is 0.273 e. The van der Waals surface area contributed by atoms with Crippen LogP contribution in [0.2, 0.25) is 0 Å². The van der Waals surface area contributed by atoms with Crippen LogP contribution in [0.5, 0.6) is 0 Å². The summed E-state index contributed by atoms with van der Waals surface area (Å²) in [5.74, 6) is 0.307. The van der Waals surface area contributed by atoms with Gasteiger partial charge in [0, 0.05) is 23.7 Å². The average molecular weight is 339 g/mol. The molecule has 1 atom stereocenters. The van der Waals surface area contributed by atoms with Crippen molar-refractivity contribution in [2.45, 2.75) is 37.1 Å². The lowest BCUT2D eigenvalue weighted by Gasteiger charge is -2.51. The highest BCUT2D eigenvalue weighted by atomic mass is 32.2. The highest BCUT2D eigenvalue weighted by molar-refractivity contribution is 7.89. The summed E-state index contributed by atoms with van der Waals surface area (Å²) in [5, 5.41) is 11.0. The number of nitro groups is 1.